The summed E-state index contributed by atoms with van der Waals surface area (Å²) in [5.74, 6) is 0.153. The molecular weight excluding hydrogens is 230 g/mol. The van der Waals surface area contributed by atoms with Crippen molar-refractivity contribution in [2.75, 3.05) is 5.73 Å². The number of nitrogens with two attached hydrogens (primary N) is 2. The molecule has 5 heteroatoms. The Morgan fingerprint density at radius 1 is 1.17 bits per heavy atom. The number of carbonyl (C=O) groups excluding carboxylic acids is 1. The Morgan fingerprint density at radius 3 is 2.44 bits per heavy atom. The molecule has 0 radical (unpaired) electrons. The van der Waals surface area contributed by atoms with Gasteiger partial charge in [-0.25, -0.2) is 4.98 Å². The van der Waals surface area contributed by atoms with Gasteiger partial charge in [0, 0.05) is 0 Å². The number of carbonyl (C=O) groups is 1. The van der Waals surface area contributed by atoms with Gasteiger partial charge in [0.1, 0.15) is 11.4 Å². The van der Waals surface area contributed by atoms with Gasteiger partial charge in [0.25, 0.3) is 5.91 Å². The van der Waals surface area contributed by atoms with Crippen LogP contribution in [0.5, 0.6) is 11.6 Å². The third-order valence-corrected chi connectivity index (χ3v) is 2.38. The van der Waals surface area contributed by atoms with Gasteiger partial charge in [0.05, 0.1) is 5.69 Å². The standard InChI is InChI=1S/C13H13N3O2/c1-8-2-4-9(5-3-8)18-13-10(14)6-7-11(16-13)12(15)17/h2-7H,14H2,1H3,(H2,15,17). The lowest BCUT2D eigenvalue weighted by Crippen LogP contribution is -2.13. The zero-order valence-electron chi connectivity index (χ0n) is 9.88. The van der Waals surface area contributed by atoms with Gasteiger partial charge in [0.15, 0.2) is 0 Å². The molecule has 0 atom stereocenters. The minimum atomic E-state index is -0.622. The molecule has 0 spiro atoms. The van der Waals surface area contributed by atoms with Crippen LogP contribution in [0.25, 0.3) is 0 Å². The Hall–Kier alpha value is -2.56. The van der Waals surface area contributed by atoms with Crippen molar-refractivity contribution in [3.63, 3.8) is 0 Å². The molecular formula is C13H13N3O2. The number of anilines is 1. The normalized spacial score (nSPS) is 10.1. The topological polar surface area (TPSA) is 91.2 Å². The lowest BCUT2D eigenvalue weighted by atomic mass is 10.2. The average molecular weight is 243 g/mol. The first-order valence-corrected chi connectivity index (χ1v) is 5.37. The zero-order chi connectivity index (χ0) is 13.1. The van der Waals surface area contributed by atoms with Crippen molar-refractivity contribution in [3.05, 3.63) is 47.7 Å². The lowest BCUT2D eigenvalue weighted by molar-refractivity contribution is 0.0995. The van der Waals surface area contributed by atoms with Crippen molar-refractivity contribution in [2.45, 2.75) is 6.92 Å². The van der Waals surface area contributed by atoms with Crippen LogP contribution < -0.4 is 16.2 Å². The first-order valence-electron chi connectivity index (χ1n) is 5.37. The van der Waals surface area contributed by atoms with Crippen LogP contribution >= 0.6 is 0 Å². The third-order valence-electron chi connectivity index (χ3n) is 2.38. The van der Waals surface area contributed by atoms with Gasteiger partial charge in [-0.05, 0) is 31.2 Å². The number of ether oxygens (including phenoxy) is 1. The Kier molecular flexibility index (Phi) is 3.14. The highest BCUT2D eigenvalue weighted by atomic mass is 16.5. The fourth-order valence-corrected chi connectivity index (χ4v) is 1.39. The molecule has 2 aromatic rings. The van der Waals surface area contributed by atoms with E-state index in [2.05, 4.69) is 4.98 Å². The molecule has 0 saturated carbocycles. The highest BCUT2D eigenvalue weighted by Gasteiger charge is 2.09. The number of benzene rings is 1. The highest BCUT2D eigenvalue weighted by Crippen LogP contribution is 2.25. The Labute approximate surface area is 104 Å². The van der Waals surface area contributed by atoms with Crippen LogP contribution in [0.3, 0.4) is 0 Å². The molecule has 18 heavy (non-hydrogen) atoms. The monoisotopic (exact) mass is 243 g/mol. The summed E-state index contributed by atoms with van der Waals surface area (Å²) in [7, 11) is 0. The summed E-state index contributed by atoms with van der Waals surface area (Å²) < 4.78 is 5.51. The zero-order valence-corrected chi connectivity index (χ0v) is 9.88. The van der Waals surface area contributed by atoms with E-state index in [1.807, 2.05) is 19.1 Å². The maximum absolute atomic E-state index is 11.0. The minimum absolute atomic E-state index is 0.117. The number of pyridine rings is 1. The smallest absolute Gasteiger partial charge is 0.267 e. The van der Waals surface area contributed by atoms with E-state index in [0.29, 0.717) is 11.4 Å². The second kappa shape index (κ2) is 4.75. The summed E-state index contributed by atoms with van der Waals surface area (Å²) >= 11 is 0. The SMILES string of the molecule is Cc1ccc(Oc2nc(C(N)=O)ccc2N)cc1. The van der Waals surface area contributed by atoms with Crippen LogP contribution in [0, 0.1) is 6.92 Å². The average Bonchev–Trinajstić information content (AvgIpc) is 2.34. The summed E-state index contributed by atoms with van der Waals surface area (Å²) in [4.78, 5) is 15.0. The van der Waals surface area contributed by atoms with E-state index in [9.17, 15) is 4.79 Å². The molecule has 0 aliphatic heterocycles. The van der Waals surface area contributed by atoms with Crippen molar-refractivity contribution in [3.8, 4) is 11.6 Å². The lowest BCUT2D eigenvalue weighted by Gasteiger charge is -2.08. The summed E-state index contributed by atoms with van der Waals surface area (Å²) in [5.41, 5.74) is 12.5. The molecule has 0 bridgehead atoms. The van der Waals surface area contributed by atoms with Gasteiger partial charge in [0.2, 0.25) is 5.88 Å². The van der Waals surface area contributed by atoms with Crippen molar-refractivity contribution < 1.29 is 9.53 Å². The number of rotatable bonds is 3. The van der Waals surface area contributed by atoms with E-state index in [1.165, 1.54) is 12.1 Å². The molecule has 5 nitrogen and oxygen atoms in total. The van der Waals surface area contributed by atoms with Crippen LogP contribution in [0.15, 0.2) is 36.4 Å². The second-order valence-corrected chi connectivity index (χ2v) is 3.87. The van der Waals surface area contributed by atoms with Crippen LogP contribution in [-0.2, 0) is 0 Å². The number of aryl methyl sites for hydroxylation is 1. The van der Waals surface area contributed by atoms with E-state index >= 15 is 0 Å². The predicted octanol–water partition coefficient (Wildman–Crippen LogP) is 1.86. The fraction of sp³-hybridized carbons (Fsp3) is 0.0769. The third kappa shape index (κ3) is 2.57. The number of primary amides is 1. The molecule has 0 fully saturated rings. The number of aromatic nitrogens is 1. The van der Waals surface area contributed by atoms with E-state index in [4.69, 9.17) is 16.2 Å². The molecule has 1 aromatic carbocycles. The summed E-state index contributed by atoms with van der Waals surface area (Å²) in [6.07, 6.45) is 0. The molecule has 1 aromatic heterocycles. The molecule has 2 rings (SSSR count). The van der Waals surface area contributed by atoms with Crippen molar-refractivity contribution in [2.24, 2.45) is 5.73 Å². The van der Waals surface area contributed by atoms with Crippen LogP contribution in [-0.4, -0.2) is 10.9 Å². The van der Waals surface area contributed by atoms with Gasteiger partial charge >= 0.3 is 0 Å². The first-order chi connectivity index (χ1) is 8.56. The minimum Gasteiger partial charge on any atom is -0.437 e. The van der Waals surface area contributed by atoms with E-state index in [-0.39, 0.29) is 11.6 Å². The highest BCUT2D eigenvalue weighted by molar-refractivity contribution is 5.91. The van der Waals surface area contributed by atoms with Crippen molar-refractivity contribution in [1.29, 1.82) is 0 Å². The van der Waals surface area contributed by atoms with Gasteiger partial charge in [-0.1, -0.05) is 17.7 Å². The number of hydrogen-bond acceptors (Lipinski definition) is 4. The molecule has 0 aliphatic carbocycles. The van der Waals surface area contributed by atoms with E-state index in [1.54, 1.807) is 12.1 Å². The van der Waals surface area contributed by atoms with Crippen molar-refractivity contribution in [1.82, 2.24) is 4.98 Å². The van der Waals surface area contributed by atoms with Crippen molar-refractivity contribution >= 4 is 11.6 Å². The van der Waals surface area contributed by atoms with Gasteiger partial charge in [-0.2, -0.15) is 0 Å². The Balaban J connectivity index is 2.30. The number of nitrogen functional groups attached to an aromatic ring is 1. The quantitative estimate of drug-likeness (QED) is 0.860. The molecule has 1 amide bonds. The van der Waals surface area contributed by atoms with E-state index < -0.39 is 5.91 Å². The van der Waals surface area contributed by atoms with E-state index in [0.717, 1.165) is 5.56 Å². The second-order valence-electron chi connectivity index (χ2n) is 3.87. The first kappa shape index (κ1) is 11.9. The van der Waals surface area contributed by atoms with Gasteiger partial charge < -0.3 is 16.2 Å². The molecule has 4 N–H and O–H groups in total. The maximum atomic E-state index is 11.0. The number of nitrogens with zero attached hydrogens (tertiary/aromatic N) is 1. The molecule has 0 aliphatic rings. The Morgan fingerprint density at radius 2 is 1.83 bits per heavy atom. The molecule has 92 valence electrons. The van der Waals surface area contributed by atoms with Crippen LogP contribution in [0.4, 0.5) is 5.69 Å². The maximum Gasteiger partial charge on any atom is 0.267 e. The Bertz CT molecular complexity index is 579. The van der Waals surface area contributed by atoms with Gasteiger partial charge in [-0.3, -0.25) is 4.79 Å². The summed E-state index contributed by atoms with van der Waals surface area (Å²) in [6, 6.07) is 10.4. The molecule has 0 saturated heterocycles. The fourth-order valence-electron chi connectivity index (χ4n) is 1.39. The molecule has 0 unspecified atom stereocenters. The summed E-state index contributed by atoms with van der Waals surface area (Å²) in [5, 5.41) is 0. The van der Waals surface area contributed by atoms with Crippen LogP contribution in [0.2, 0.25) is 0 Å². The largest absolute Gasteiger partial charge is 0.437 e. The summed E-state index contributed by atoms with van der Waals surface area (Å²) in [6.45, 7) is 1.98. The van der Waals surface area contributed by atoms with Gasteiger partial charge in [-0.15, -0.1) is 0 Å². The predicted molar refractivity (Wildman–Crippen MR) is 68.4 cm³/mol. The number of hydrogen-bond donors (Lipinski definition) is 2. The van der Waals surface area contributed by atoms with Crippen LogP contribution in [0.1, 0.15) is 16.1 Å². The number of amides is 1. The molecule has 1 heterocycles.